The van der Waals surface area contributed by atoms with Crippen LogP contribution in [-0.2, 0) is 9.84 Å². The molecule has 5 nitrogen and oxygen atoms in total. The van der Waals surface area contributed by atoms with Gasteiger partial charge in [-0.15, -0.1) is 11.3 Å². The molecule has 0 N–H and O–H groups in total. The summed E-state index contributed by atoms with van der Waals surface area (Å²) < 4.78 is 23.2. The molecule has 0 saturated carbocycles. The molecule has 1 fully saturated rings. The number of sulfone groups is 1. The third-order valence-electron chi connectivity index (χ3n) is 4.10. The minimum Gasteiger partial charge on any atom is -0.336 e. The van der Waals surface area contributed by atoms with Crippen LogP contribution in [0.2, 0.25) is 0 Å². The molecule has 1 atom stereocenters. The molecule has 1 unspecified atom stereocenters. The number of benzene rings is 1. The number of amides is 1. The van der Waals surface area contributed by atoms with Gasteiger partial charge in [-0.05, 0) is 13.3 Å². The summed E-state index contributed by atoms with van der Waals surface area (Å²) in [5.74, 6) is -0.00655. The van der Waals surface area contributed by atoms with E-state index in [-0.39, 0.29) is 23.5 Å². The summed E-state index contributed by atoms with van der Waals surface area (Å²) in [6, 6.07) is 9.46. The predicted octanol–water partition coefficient (Wildman–Crippen LogP) is 2.38. The number of hydrogen-bond acceptors (Lipinski definition) is 5. The zero-order chi connectivity index (χ0) is 16.6. The third kappa shape index (κ3) is 3.30. The van der Waals surface area contributed by atoms with Crippen LogP contribution in [-0.4, -0.2) is 48.8 Å². The van der Waals surface area contributed by atoms with E-state index in [1.165, 1.54) is 16.2 Å². The molecule has 0 aliphatic carbocycles. The van der Waals surface area contributed by atoms with Crippen LogP contribution in [0.25, 0.3) is 10.6 Å². The number of hydrogen-bond donors (Lipinski definition) is 0. The molecule has 1 aliphatic heterocycles. The number of aryl methyl sites for hydroxylation is 1. The van der Waals surface area contributed by atoms with E-state index in [9.17, 15) is 13.2 Å². The van der Waals surface area contributed by atoms with Crippen molar-refractivity contribution >= 4 is 27.1 Å². The molecule has 0 radical (unpaired) electrons. The fraction of sp³-hybridized carbons (Fsp3) is 0.375. The van der Waals surface area contributed by atoms with Crippen molar-refractivity contribution in [3.05, 3.63) is 40.9 Å². The van der Waals surface area contributed by atoms with Gasteiger partial charge in [0.05, 0.1) is 11.5 Å². The molecule has 0 spiro atoms. The minimum absolute atomic E-state index is 0.0456. The van der Waals surface area contributed by atoms with Crippen LogP contribution in [0.1, 0.15) is 21.8 Å². The van der Waals surface area contributed by atoms with Gasteiger partial charge in [0.1, 0.15) is 10.7 Å². The van der Waals surface area contributed by atoms with E-state index in [0.29, 0.717) is 12.1 Å². The second kappa shape index (κ2) is 6.05. The maximum absolute atomic E-state index is 12.7. The Labute approximate surface area is 139 Å². The average molecular weight is 350 g/mol. The predicted molar refractivity (Wildman–Crippen MR) is 91.4 cm³/mol. The van der Waals surface area contributed by atoms with Gasteiger partial charge in [0.2, 0.25) is 0 Å². The average Bonchev–Trinajstić information content (AvgIpc) is 3.09. The van der Waals surface area contributed by atoms with E-state index in [2.05, 4.69) is 4.98 Å². The highest BCUT2D eigenvalue weighted by Crippen LogP contribution is 2.29. The Balaban J connectivity index is 1.84. The molecule has 1 amide bonds. The Morgan fingerprint density at radius 2 is 2.00 bits per heavy atom. The molecule has 1 saturated heterocycles. The lowest BCUT2D eigenvalue weighted by atomic mass is 10.2. The van der Waals surface area contributed by atoms with E-state index in [0.717, 1.165) is 15.4 Å². The summed E-state index contributed by atoms with van der Waals surface area (Å²) in [4.78, 5) is 19.5. The summed E-state index contributed by atoms with van der Waals surface area (Å²) in [6.07, 6.45) is 0.499. The quantitative estimate of drug-likeness (QED) is 0.852. The Hall–Kier alpha value is -1.73. The van der Waals surface area contributed by atoms with Crippen LogP contribution in [0.5, 0.6) is 0 Å². The highest BCUT2D eigenvalue weighted by atomic mass is 32.2. The first-order valence-electron chi connectivity index (χ1n) is 7.38. The number of nitrogens with zero attached hydrogens (tertiary/aromatic N) is 2. The topological polar surface area (TPSA) is 67.3 Å². The Morgan fingerprint density at radius 1 is 1.30 bits per heavy atom. The minimum atomic E-state index is -3.02. The van der Waals surface area contributed by atoms with Crippen LogP contribution >= 0.6 is 11.3 Å². The summed E-state index contributed by atoms with van der Waals surface area (Å²) >= 11 is 1.48. The first-order valence-corrected chi connectivity index (χ1v) is 10.0. The van der Waals surface area contributed by atoms with Crippen molar-refractivity contribution in [2.45, 2.75) is 19.4 Å². The van der Waals surface area contributed by atoms with Gasteiger partial charge >= 0.3 is 0 Å². The number of thiazole rings is 1. The van der Waals surface area contributed by atoms with Crippen molar-refractivity contribution < 1.29 is 13.2 Å². The van der Waals surface area contributed by atoms with Crippen LogP contribution < -0.4 is 0 Å². The van der Waals surface area contributed by atoms with Gasteiger partial charge < -0.3 is 4.90 Å². The van der Waals surface area contributed by atoms with Gasteiger partial charge in [-0.25, -0.2) is 13.4 Å². The SMILES string of the molecule is Cc1sc(-c2ccccc2)nc1C(=O)N(C)C1CCS(=O)(=O)C1. The van der Waals surface area contributed by atoms with Gasteiger partial charge in [0.25, 0.3) is 5.91 Å². The van der Waals surface area contributed by atoms with E-state index < -0.39 is 9.84 Å². The largest absolute Gasteiger partial charge is 0.336 e. The lowest BCUT2D eigenvalue weighted by molar-refractivity contribution is 0.0742. The standard InChI is InChI=1S/C16H18N2O3S2/c1-11-14(17-15(22-11)12-6-4-3-5-7-12)16(19)18(2)13-8-9-23(20,21)10-13/h3-7,13H,8-10H2,1-2H3. The van der Waals surface area contributed by atoms with Gasteiger partial charge in [-0.3, -0.25) is 4.79 Å². The fourth-order valence-electron chi connectivity index (χ4n) is 2.71. The van der Waals surface area contributed by atoms with E-state index in [1.807, 2.05) is 37.3 Å². The molecule has 1 aromatic carbocycles. The molecule has 7 heteroatoms. The van der Waals surface area contributed by atoms with Crippen LogP contribution in [0.3, 0.4) is 0 Å². The summed E-state index contributed by atoms with van der Waals surface area (Å²) in [6.45, 7) is 1.87. The fourth-order valence-corrected chi connectivity index (χ4v) is 5.40. The van der Waals surface area contributed by atoms with E-state index in [4.69, 9.17) is 0 Å². The van der Waals surface area contributed by atoms with Crippen molar-refractivity contribution in [3.8, 4) is 10.6 Å². The number of aromatic nitrogens is 1. The third-order valence-corrected chi connectivity index (χ3v) is 6.87. The van der Waals surface area contributed by atoms with Crippen molar-refractivity contribution in [2.75, 3.05) is 18.6 Å². The highest BCUT2D eigenvalue weighted by Gasteiger charge is 2.34. The molecule has 2 heterocycles. The van der Waals surface area contributed by atoms with Gasteiger partial charge in [-0.2, -0.15) is 0 Å². The normalized spacial score (nSPS) is 19.7. The zero-order valence-corrected chi connectivity index (χ0v) is 14.7. The molecule has 3 rings (SSSR count). The van der Waals surface area contributed by atoms with Crippen LogP contribution in [0, 0.1) is 6.92 Å². The van der Waals surface area contributed by atoms with Gasteiger partial charge in [0.15, 0.2) is 9.84 Å². The first kappa shape index (κ1) is 16.1. The van der Waals surface area contributed by atoms with Gasteiger partial charge in [-0.1, -0.05) is 30.3 Å². The molecule has 0 bridgehead atoms. The maximum Gasteiger partial charge on any atom is 0.273 e. The first-order chi connectivity index (χ1) is 10.9. The van der Waals surface area contributed by atoms with Crippen molar-refractivity contribution in [1.29, 1.82) is 0 Å². The number of carbonyl (C=O) groups excluding carboxylic acids is 1. The summed E-state index contributed by atoms with van der Waals surface area (Å²) in [5, 5.41) is 0.805. The Morgan fingerprint density at radius 3 is 2.61 bits per heavy atom. The lowest BCUT2D eigenvalue weighted by Crippen LogP contribution is -2.38. The second-order valence-corrected chi connectivity index (χ2v) is 9.19. The smallest absolute Gasteiger partial charge is 0.273 e. The molecular weight excluding hydrogens is 332 g/mol. The van der Waals surface area contributed by atoms with Crippen LogP contribution in [0.15, 0.2) is 30.3 Å². The molecule has 122 valence electrons. The zero-order valence-electron chi connectivity index (χ0n) is 13.0. The molecule has 1 aromatic heterocycles. The molecule has 23 heavy (non-hydrogen) atoms. The summed E-state index contributed by atoms with van der Waals surface area (Å²) in [7, 11) is -1.35. The van der Waals surface area contributed by atoms with Gasteiger partial charge in [0, 0.05) is 23.5 Å². The summed E-state index contributed by atoms with van der Waals surface area (Å²) in [5.41, 5.74) is 1.39. The molecular formula is C16H18N2O3S2. The Bertz CT molecular complexity index is 828. The van der Waals surface area contributed by atoms with Crippen molar-refractivity contribution in [3.63, 3.8) is 0 Å². The lowest BCUT2D eigenvalue weighted by Gasteiger charge is -2.22. The van der Waals surface area contributed by atoms with E-state index >= 15 is 0 Å². The number of rotatable bonds is 3. The molecule has 1 aliphatic rings. The van der Waals surface area contributed by atoms with Crippen LogP contribution in [0.4, 0.5) is 0 Å². The van der Waals surface area contributed by atoms with Crippen molar-refractivity contribution in [1.82, 2.24) is 9.88 Å². The second-order valence-electron chi connectivity index (χ2n) is 5.76. The Kier molecular flexibility index (Phi) is 4.25. The molecule has 2 aromatic rings. The van der Waals surface area contributed by atoms with E-state index in [1.54, 1.807) is 7.05 Å². The highest BCUT2D eigenvalue weighted by molar-refractivity contribution is 7.91. The monoisotopic (exact) mass is 350 g/mol. The van der Waals surface area contributed by atoms with Crippen molar-refractivity contribution in [2.24, 2.45) is 0 Å². The maximum atomic E-state index is 12.7. The number of carbonyl (C=O) groups is 1.